The molecule has 1 aromatic carbocycles. The smallest absolute Gasteiger partial charge is 0.200 e. The highest BCUT2D eigenvalue weighted by atomic mass is 32.2. The number of ketones is 1. The molecule has 24 heavy (non-hydrogen) atoms. The lowest BCUT2D eigenvalue weighted by molar-refractivity contribution is 0.102. The first-order valence-electron chi connectivity index (χ1n) is 7.25. The van der Waals surface area contributed by atoms with Gasteiger partial charge in [-0.15, -0.1) is 10.2 Å². The Morgan fingerprint density at radius 3 is 2.75 bits per heavy atom. The molecular formula is C16H15N3O4S. The lowest BCUT2D eigenvalue weighted by Crippen LogP contribution is -2.05. The highest BCUT2D eigenvalue weighted by molar-refractivity contribution is 7.99. The van der Waals surface area contributed by atoms with Crippen LogP contribution in [-0.4, -0.2) is 36.5 Å². The van der Waals surface area contributed by atoms with E-state index in [0.717, 1.165) is 0 Å². The maximum Gasteiger partial charge on any atom is 0.200 e. The number of hydrogen-bond acceptors (Lipinski definition) is 7. The van der Waals surface area contributed by atoms with Crippen molar-refractivity contribution in [2.75, 3.05) is 5.75 Å². The van der Waals surface area contributed by atoms with Crippen molar-refractivity contribution in [1.82, 2.24) is 14.8 Å². The number of carbonyl (C=O) groups is 1. The lowest BCUT2D eigenvalue weighted by atomic mass is 10.1. The molecule has 0 radical (unpaired) electrons. The van der Waals surface area contributed by atoms with Gasteiger partial charge in [0.15, 0.2) is 34.0 Å². The minimum Gasteiger partial charge on any atom is -0.504 e. The molecule has 2 aromatic heterocycles. The van der Waals surface area contributed by atoms with Gasteiger partial charge in [0, 0.05) is 12.1 Å². The maximum absolute atomic E-state index is 12.2. The quantitative estimate of drug-likeness (QED) is 0.402. The molecule has 3 rings (SSSR count). The Hall–Kier alpha value is -2.74. The summed E-state index contributed by atoms with van der Waals surface area (Å²) in [5, 5.41) is 27.6. The highest BCUT2D eigenvalue weighted by Crippen LogP contribution is 2.27. The molecule has 7 nitrogen and oxygen atoms in total. The van der Waals surface area contributed by atoms with Crippen molar-refractivity contribution in [1.29, 1.82) is 0 Å². The number of rotatable bonds is 6. The van der Waals surface area contributed by atoms with E-state index in [4.69, 9.17) is 4.42 Å². The van der Waals surface area contributed by atoms with E-state index >= 15 is 0 Å². The second kappa shape index (κ2) is 6.79. The second-order valence-corrected chi connectivity index (χ2v) is 5.89. The molecule has 0 saturated carbocycles. The number of carbonyl (C=O) groups excluding carboxylic acids is 1. The van der Waals surface area contributed by atoms with Gasteiger partial charge in [-0.25, -0.2) is 0 Å². The van der Waals surface area contributed by atoms with Gasteiger partial charge >= 0.3 is 0 Å². The van der Waals surface area contributed by atoms with Crippen molar-refractivity contribution in [3.63, 3.8) is 0 Å². The van der Waals surface area contributed by atoms with E-state index in [1.807, 2.05) is 11.5 Å². The van der Waals surface area contributed by atoms with Crippen molar-refractivity contribution >= 4 is 17.5 Å². The highest BCUT2D eigenvalue weighted by Gasteiger charge is 2.17. The zero-order valence-corrected chi connectivity index (χ0v) is 13.7. The van der Waals surface area contributed by atoms with Gasteiger partial charge in [0.05, 0.1) is 12.0 Å². The molecular weight excluding hydrogens is 330 g/mol. The fraction of sp³-hybridized carbons (Fsp3) is 0.188. The van der Waals surface area contributed by atoms with Crippen molar-refractivity contribution < 1.29 is 19.4 Å². The van der Waals surface area contributed by atoms with Gasteiger partial charge in [0.1, 0.15) is 0 Å². The van der Waals surface area contributed by atoms with Crippen molar-refractivity contribution in [2.24, 2.45) is 0 Å². The molecule has 0 aliphatic carbocycles. The summed E-state index contributed by atoms with van der Waals surface area (Å²) < 4.78 is 7.21. The summed E-state index contributed by atoms with van der Waals surface area (Å²) in [4.78, 5) is 12.2. The molecule has 0 bridgehead atoms. The number of aromatic nitrogens is 3. The summed E-state index contributed by atoms with van der Waals surface area (Å²) in [5.41, 5.74) is 0.326. The van der Waals surface area contributed by atoms with Crippen LogP contribution < -0.4 is 0 Å². The van der Waals surface area contributed by atoms with E-state index in [-0.39, 0.29) is 23.0 Å². The van der Waals surface area contributed by atoms with E-state index in [1.165, 1.54) is 30.0 Å². The lowest BCUT2D eigenvalue weighted by Gasteiger charge is -2.06. The van der Waals surface area contributed by atoms with Crippen LogP contribution in [0.5, 0.6) is 11.5 Å². The zero-order valence-electron chi connectivity index (χ0n) is 12.8. The van der Waals surface area contributed by atoms with E-state index in [9.17, 15) is 15.0 Å². The van der Waals surface area contributed by atoms with Crippen LogP contribution in [0.25, 0.3) is 11.6 Å². The maximum atomic E-state index is 12.2. The predicted molar refractivity (Wildman–Crippen MR) is 88.2 cm³/mol. The molecule has 0 aliphatic heterocycles. The normalized spacial score (nSPS) is 10.9. The molecule has 2 N–H and O–H groups in total. The molecule has 0 saturated heterocycles. The molecule has 0 aliphatic rings. The van der Waals surface area contributed by atoms with Gasteiger partial charge in [-0.3, -0.25) is 9.36 Å². The van der Waals surface area contributed by atoms with Crippen LogP contribution in [0, 0.1) is 0 Å². The fourth-order valence-electron chi connectivity index (χ4n) is 2.18. The van der Waals surface area contributed by atoms with Gasteiger partial charge in [-0.05, 0) is 37.3 Å². The zero-order chi connectivity index (χ0) is 17.1. The number of phenolic OH excluding ortho intramolecular Hbond substituents is 2. The van der Waals surface area contributed by atoms with Crippen LogP contribution in [0.2, 0.25) is 0 Å². The third-order valence-corrected chi connectivity index (χ3v) is 4.37. The topological polar surface area (TPSA) is 101 Å². The monoisotopic (exact) mass is 345 g/mol. The molecule has 124 valence electrons. The first kappa shape index (κ1) is 16.1. The number of Topliss-reactive ketones (excluding diaryl/α,β-unsaturated/α-hetero) is 1. The SMILES string of the molecule is CCn1c(SCC(=O)c2ccc(O)c(O)c2)nnc1-c1ccco1. The van der Waals surface area contributed by atoms with Crippen molar-refractivity contribution in [3.05, 3.63) is 42.2 Å². The Morgan fingerprint density at radius 2 is 2.08 bits per heavy atom. The summed E-state index contributed by atoms with van der Waals surface area (Å²) in [6.45, 7) is 2.60. The average Bonchev–Trinajstić information content (AvgIpc) is 3.23. The Bertz CT molecular complexity index is 858. The summed E-state index contributed by atoms with van der Waals surface area (Å²) in [7, 11) is 0. The van der Waals surface area contributed by atoms with Gasteiger partial charge in [-0.1, -0.05) is 11.8 Å². The van der Waals surface area contributed by atoms with E-state index in [1.54, 1.807) is 18.4 Å². The van der Waals surface area contributed by atoms with E-state index in [2.05, 4.69) is 10.2 Å². The van der Waals surface area contributed by atoms with Gasteiger partial charge in [-0.2, -0.15) is 0 Å². The molecule has 0 atom stereocenters. The number of benzene rings is 1. The molecule has 0 spiro atoms. The minimum absolute atomic E-state index is 0.139. The number of nitrogens with zero attached hydrogens (tertiary/aromatic N) is 3. The number of phenols is 2. The van der Waals surface area contributed by atoms with Gasteiger partial charge < -0.3 is 14.6 Å². The molecule has 8 heteroatoms. The van der Waals surface area contributed by atoms with Crippen molar-refractivity contribution in [3.8, 4) is 23.1 Å². The predicted octanol–water partition coefficient (Wildman–Crippen LogP) is 2.94. The Balaban J connectivity index is 1.75. The first-order valence-corrected chi connectivity index (χ1v) is 8.23. The molecule has 3 aromatic rings. The van der Waals surface area contributed by atoms with Crippen LogP contribution in [-0.2, 0) is 6.54 Å². The standard InChI is InChI=1S/C16H15N3O4S/c1-2-19-15(14-4-3-7-23-14)17-18-16(19)24-9-13(22)10-5-6-11(20)12(21)8-10/h3-8,20-21H,2,9H2,1H3. The summed E-state index contributed by atoms with van der Waals surface area (Å²) in [6.07, 6.45) is 1.57. The number of thioether (sulfide) groups is 1. The second-order valence-electron chi connectivity index (χ2n) is 4.94. The number of aromatic hydroxyl groups is 2. The minimum atomic E-state index is -0.317. The third kappa shape index (κ3) is 3.13. The fourth-order valence-corrected chi connectivity index (χ4v) is 3.08. The van der Waals surface area contributed by atoms with Crippen molar-refractivity contribution in [2.45, 2.75) is 18.6 Å². The van der Waals surface area contributed by atoms with Crippen LogP contribution in [0.1, 0.15) is 17.3 Å². The average molecular weight is 345 g/mol. The Kier molecular flexibility index (Phi) is 4.57. The molecule has 2 heterocycles. The van der Waals surface area contributed by atoms with Gasteiger partial charge in [0.2, 0.25) is 0 Å². The number of furan rings is 1. The Labute approximate surface area is 141 Å². The Morgan fingerprint density at radius 1 is 1.25 bits per heavy atom. The van der Waals surface area contributed by atoms with E-state index < -0.39 is 0 Å². The summed E-state index contributed by atoms with van der Waals surface area (Å²) in [6, 6.07) is 7.58. The van der Waals surface area contributed by atoms with Crippen LogP contribution in [0.4, 0.5) is 0 Å². The summed E-state index contributed by atoms with van der Waals surface area (Å²) in [5.74, 6) is 0.613. The van der Waals surface area contributed by atoms with E-state index in [0.29, 0.717) is 28.8 Å². The molecule has 0 amide bonds. The summed E-state index contributed by atoms with van der Waals surface area (Å²) >= 11 is 1.26. The largest absolute Gasteiger partial charge is 0.504 e. The molecule has 0 unspecified atom stereocenters. The van der Waals surface area contributed by atoms with Gasteiger partial charge in [0.25, 0.3) is 0 Å². The molecule has 0 fully saturated rings. The van der Waals surface area contributed by atoms with Crippen LogP contribution in [0.15, 0.2) is 46.2 Å². The third-order valence-electron chi connectivity index (χ3n) is 3.40. The first-order chi connectivity index (χ1) is 11.6. The van der Waals surface area contributed by atoms with Crippen LogP contribution >= 0.6 is 11.8 Å². The van der Waals surface area contributed by atoms with Crippen LogP contribution in [0.3, 0.4) is 0 Å². The number of hydrogen-bond donors (Lipinski definition) is 2.